The number of ether oxygens (including phenoxy) is 1. The third-order valence-electron chi connectivity index (χ3n) is 4.74. The molecule has 2 aromatic carbocycles. The monoisotopic (exact) mass is 392 g/mol. The number of hydrogen-bond donors (Lipinski definition) is 0. The van der Waals surface area contributed by atoms with Crippen LogP contribution in [0.25, 0.3) is 11.0 Å². The smallest absolute Gasteiger partial charge is 0.306 e. The number of esters is 1. The van der Waals surface area contributed by atoms with Gasteiger partial charge in [0.1, 0.15) is 12.3 Å². The van der Waals surface area contributed by atoms with Crippen LogP contribution < -0.4 is 5.56 Å². The van der Waals surface area contributed by atoms with Gasteiger partial charge in [0, 0.05) is 19.4 Å². The Kier molecular flexibility index (Phi) is 6.89. The van der Waals surface area contributed by atoms with E-state index in [2.05, 4.69) is 4.98 Å². The summed E-state index contributed by atoms with van der Waals surface area (Å²) in [5.41, 5.74) is 2.76. The number of carbonyl (C=O) groups excluding carboxylic acids is 2. The molecule has 0 N–H and O–H groups in total. The number of Topliss-reactive ketones (excluding diaryl/α,β-unsaturated/α-hetero) is 1. The summed E-state index contributed by atoms with van der Waals surface area (Å²) in [5, 5.41) is 0. The van der Waals surface area contributed by atoms with Gasteiger partial charge in [-0.3, -0.25) is 14.4 Å². The zero-order valence-electron chi connectivity index (χ0n) is 16.5. The lowest BCUT2D eigenvalue weighted by molar-refractivity contribution is -0.147. The number of fused-ring (bicyclic) bond motifs is 1. The summed E-state index contributed by atoms with van der Waals surface area (Å²) < 4.78 is 6.67. The Morgan fingerprint density at radius 2 is 1.72 bits per heavy atom. The predicted molar refractivity (Wildman–Crippen MR) is 111 cm³/mol. The van der Waals surface area contributed by atoms with Crippen molar-refractivity contribution < 1.29 is 14.3 Å². The number of aryl methyl sites for hydroxylation is 3. The zero-order chi connectivity index (χ0) is 20.6. The molecule has 6 heteroatoms. The fourth-order valence-electron chi connectivity index (χ4n) is 3.07. The van der Waals surface area contributed by atoms with Crippen molar-refractivity contribution in [3.8, 4) is 0 Å². The van der Waals surface area contributed by atoms with Gasteiger partial charge in [0.05, 0.1) is 17.5 Å². The fourth-order valence-corrected chi connectivity index (χ4v) is 3.07. The minimum Gasteiger partial charge on any atom is -0.458 e. The molecule has 6 nitrogen and oxygen atoms in total. The molecule has 0 atom stereocenters. The summed E-state index contributed by atoms with van der Waals surface area (Å²) in [7, 11) is 0. The van der Waals surface area contributed by atoms with Crippen molar-refractivity contribution in [1.82, 2.24) is 9.55 Å². The number of aromatic nitrogens is 2. The second kappa shape index (κ2) is 9.78. The van der Waals surface area contributed by atoms with E-state index in [1.807, 2.05) is 54.6 Å². The first-order chi connectivity index (χ1) is 14.1. The molecule has 0 fully saturated rings. The molecular weight excluding hydrogens is 368 g/mol. The van der Waals surface area contributed by atoms with Crippen molar-refractivity contribution in [2.45, 2.75) is 39.2 Å². The maximum absolute atomic E-state index is 13.0. The largest absolute Gasteiger partial charge is 0.458 e. The summed E-state index contributed by atoms with van der Waals surface area (Å²) in [6.45, 7) is 2.02. The highest BCUT2D eigenvalue weighted by Gasteiger charge is 2.14. The molecule has 0 aliphatic rings. The maximum Gasteiger partial charge on any atom is 0.306 e. The minimum absolute atomic E-state index is 0.0102. The quantitative estimate of drug-likeness (QED) is 0.523. The van der Waals surface area contributed by atoms with Crippen LogP contribution in [0, 0.1) is 0 Å². The zero-order valence-corrected chi connectivity index (χ0v) is 16.5. The van der Waals surface area contributed by atoms with Gasteiger partial charge in [-0.15, -0.1) is 0 Å². The molecule has 29 heavy (non-hydrogen) atoms. The van der Waals surface area contributed by atoms with Gasteiger partial charge in [-0.25, -0.2) is 4.98 Å². The van der Waals surface area contributed by atoms with E-state index in [0.29, 0.717) is 24.2 Å². The van der Waals surface area contributed by atoms with Crippen molar-refractivity contribution in [3.63, 3.8) is 0 Å². The number of rotatable bonds is 9. The summed E-state index contributed by atoms with van der Waals surface area (Å²) >= 11 is 0. The molecule has 3 rings (SSSR count). The molecule has 0 saturated carbocycles. The highest BCUT2D eigenvalue weighted by atomic mass is 16.5. The van der Waals surface area contributed by atoms with Crippen molar-refractivity contribution in [3.05, 3.63) is 76.2 Å². The molecule has 3 aromatic rings. The number of ketones is 1. The highest BCUT2D eigenvalue weighted by Crippen LogP contribution is 2.12. The van der Waals surface area contributed by atoms with Gasteiger partial charge in [0.15, 0.2) is 5.78 Å². The molecule has 1 heterocycles. The standard InChI is InChI=1S/C23H24N2O4/c1-2-18(26)16-29-22(27)13-12-20-23(28)25(15-14-17-8-4-3-5-9-17)21-11-7-6-10-19(21)24-20/h3-11H,2,12-16H2,1H3. The molecule has 0 amide bonds. The van der Waals surface area contributed by atoms with Crippen LogP contribution in [0.3, 0.4) is 0 Å². The topological polar surface area (TPSA) is 78.3 Å². The molecule has 150 valence electrons. The van der Waals surface area contributed by atoms with E-state index in [1.165, 1.54) is 0 Å². The van der Waals surface area contributed by atoms with Crippen LogP contribution in [0.1, 0.15) is 31.0 Å². The van der Waals surface area contributed by atoms with E-state index in [4.69, 9.17) is 4.74 Å². The highest BCUT2D eigenvalue weighted by molar-refractivity contribution is 5.82. The molecule has 1 aromatic heterocycles. The van der Waals surface area contributed by atoms with Crippen LogP contribution in [0.2, 0.25) is 0 Å². The number of hydrogen-bond acceptors (Lipinski definition) is 5. The Hall–Kier alpha value is -3.28. The summed E-state index contributed by atoms with van der Waals surface area (Å²) in [4.78, 5) is 40.7. The van der Waals surface area contributed by atoms with Gasteiger partial charge in [-0.2, -0.15) is 0 Å². The maximum atomic E-state index is 13.0. The first-order valence-electron chi connectivity index (χ1n) is 9.78. The fraction of sp³-hybridized carbons (Fsp3) is 0.304. The van der Waals surface area contributed by atoms with Gasteiger partial charge in [0.2, 0.25) is 0 Å². The van der Waals surface area contributed by atoms with Gasteiger partial charge in [-0.05, 0) is 24.1 Å². The van der Waals surface area contributed by atoms with Gasteiger partial charge >= 0.3 is 5.97 Å². The molecule has 0 aliphatic heterocycles. The lowest BCUT2D eigenvalue weighted by Gasteiger charge is -2.12. The van der Waals surface area contributed by atoms with Gasteiger partial charge < -0.3 is 9.30 Å². The van der Waals surface area contributed by atoms with E-state index in [9.17, 15) is 14.4 Å². The normalized spacial score (nSPS) is 10.8. The molecule has 0 aliphatic carbocycles. The Labute approximate surface area is 169 Å². The summed E-state index contributed by atoms with van der Waals surface area (Å²) in [6.07, 6.45) is 1.23. The van der Waals surface area contributed by atoms with Crippen molar-refractivity contribution >= 4 is 22.8 Å². The van der Waals surface area contributed by atoms with Crippen LogP contribution in [0.15, 0.2) is 59.4 Å². The second-order valence-electron chi connectivity index (χ2n) is 6.79. The van der Waals surface area contributed by atoms with Crippen LogP contribution in [0.5, 0.6) is 0 Å². The molecule has 0 unspecified atom stereocenters. The Balaban J connectivity index is 1.79. The minimum atomic E-state index is -0.503. The summed E-state index contributed by atoms with van der Waals surface area (Å²) in [6, 6.07) is 17.5. The van der Waals surface area contributed by atoms with E-state index in [0.717, 1.165) is 17.5 Å². The average Bonchev–Trinajstić information content (AvgIpc) is 2.76. The Morgan fingerprint density at radius 3 is 2.48 bits per heavy atom. The number of nitrogens with zero attached hydrogens (tertiary/aromatic N) is 2. The molecular formula is C23H24N2O4. The molecule has 0 saturated heterocycles. The molecule has 0 radical (unpaired) electrons. The summed E-state index contributed by atoms with van der Waals surface area (Å²) in [5.74, 6) is -0.637. The average molecular weight is 392 g/mol. The lowest BCUT2D eigenvalue weighted by Crippen LogP contribution is -2.27. The first kappa shape index (κ1) is 20.5. The van der Waals surface area contributed by atoms with Gasteiger partial charge in [-0.1, -0.05) is 49.4 Å². The lowest BCUT2D eigenvalue weighted by atomic mass is 10.1. The SMILES string of the molecule is CCC(=O)COC(=O)CCc1nc2ccccc2n(CCc2ccccc2)c1=O. The van der Waals surface area contributed by atoms with Crippen LogP contribution in [-0.4, -0.2) is 27.9 Å². The molecule has 0 bridgehead atoms. The third-order valence-corrected chi connectivity index (χ3v) is 4.74. The second-order valence-corrected chi connectivity index (χ2v) is 6.79. The number of para-hydroxylation sites is 2. The first-order valence-corrected chi connectivity index (χ1v) is 9.78. The number of carbonyl (C=O) groups is 2. The van der Waals surface area contributed by atoms with Crippen molar-refractivity contribution in [2.75, 3.05) is 6.61 Å². The van der Waals surface area contributed by atoms with Crippen molar-refractivity contribution in [2.24, 2.45) is 0 Å². The van der Waals surface area contributed by atoms with E-state index in [1.54, 1.807) is 11.5 Å². The van der Waals surface area contributed by atoms with Crippen LogP contribution >= 0.6 is 0 Å². The van der Waals surface area contributed by atoms with Crippen molar-refractivity contribution in [1.29, 1.82) is 0 Å². The van der Waals surface area contributed by atoms with Crippen LogP contribution in [-0.2, 0) is 33.7 Å². The van der Waals surface area contributed by atoms with Gasteiger partial charge in [0.25, 0.3) is 5.56 Å². The Morgan fingerprint density at radius 1 is 1.00 bits per heavy atom. The van der Waals surface area contributed by atoms with E-state index in [-0.39, 0.29) is 30.8 Å². The van der Waals surface area contributed by atoms with Crippen LogP contribution in [0.4, 0.5) is 0 Å². The van der Waals surface area contributed by atoms with E-state index < -0.39 is 5.97 Å². The number of benzene rings is 2. The predicted octanol–water partition coefficient (Wildman–Crippen LogP) is 3.09. The van der Waals surface area contributed by atoms with E-state index >= 15 is 0 Å². The Bertz CT molecular complexity index is 1060. The molecule has 0 spiro atoms. The third kappa shape index (κ3) is 5.38.